The fourth-order valence-corrected chi connectivity index (χ4v) is 5.26. The van der Waals surface area contributed by atoms with Gasteiger partial charge in [0.2, 0.25) is 5.91 Å². The lowest BCUT2D eigenvalue weighted by atomic mass is 10.2. The van der Waals surface area contributed by atoms with Gasteiger partial charge in [-0.15, -0.1) is 29.3 Å². The van der Waals surface area contributed by atoms with Crippen LogP contribution < -0.4 is 10.9 Å². The van der Waals surface area contributed by atoms with Crippen LogP contribution in [0.2, 0.25) is 0 Å². The molecule has 0 aliphatic rings. The summed E-state index contributed by atoms with van der Waals surface area (Å²) in [6, 6.07) is 0. The van der Waals surface area contributed by atoms with E-state index in [4.69, 9.17) is 4.98 Å². The molecule has 6 nitrogen and oxygen atoms in total. The predicted molar refractivity (Wildman–Crippen MR) is 110 cm³/mol. The van der Waals surface area contributed by atoms with Gasteiger partial charge in [-0.1, -0.05) is 17.8 Å². The average Bonchev–Trinajstić information content (AvgIpc) is 3.13. The molecule has 0 radical (unpaired) electrons. The minimum absolute atomic E-state index is 0.0311. The zero-order chi connectivity index (χ0) is 18.8. The van der Waals surface area contributed by atoms with Crippen molar-refractivity contribution in [2.75, 3.05) is 5.32 Å². The van der Waals surface area contributed by atoms with Crippen LogP contribution in [0.25, 0.3) is 10.2 Å². The highest BCUT2D eigenvalue weighted by atomic mass is 32.2. The van der Waals surface area contributed by atoms with E-state index in [2.05, 4.69) is 16.9 Å². The van der Waals surface area contributed by atoms with E-state index in [1.807, 2.05) is 19.2 Å². The third-order valence-corrected chi connectivity index (χ3v) is 6.67. The van der Waals surface area contributed by atoms with Crippen LogP contribution in [-0.2, 0) is 17.1 Å². The van der Waals surface area contributed by atoms with Crippen LogP contribution in [0, 0.1) is 13.8 Å². The number of aryl methyl sites for hydroxylation is 2. The number of carbonyl (C=O) groups excluding carboxylic acids is 1. The van der Waals surface area contributed by atoms with Crippen LogP contribution in [-0.4, -0.2) is 20.4 Å². The number of anilines is 1. The number of carbonyl (C=O) groups is 1. The number of hydrogen-bond donors (Lipinski definition) is 1. The van der Waals surface area contributed by atoms with Crippen molar-refractivity contribution in [2.24, 2.45) is 0 Å². The van der Waals surface area contributed by atoms with Crippen LogP contribution in [0.3, 0.4) is 0 Å². The molecule has 0 aromatic carbocycles. The summed E-state index contributed by atoms with van der Waals surface area (Å²) in [6.45, 7) is 9.58. The van der Waals surface area contributed by atoms with E-state index in [1.165, 1.54) is 30.0 Å². The molecular weight excluding hydrogens is 388 g/mol. The second-order valence-corrected chi connectivity index (χ2v) is 8.68. The summed E-state index contributed by atoms with van der Waals surface area (Å²) in [5.41, 5.74) is 1.80. The number of hydrogen-bond acceptors (Lipinski definition) is 7. The maximum atomic E-state index is 12.9. The number of nitrogens with one attached hydrogen (secondary N) is 1. The van der Waals surface area contributed by atoms with Crippen molar-refractivity contribution in [1.82, 2.24) is 14.5 Å². The van der Waals surface area contributed by atoms with Crippen LogP contribution in [0.4, 0.5) is 5.13 Å². The van der Waals surface area contributed by atoms with Crippen LogP contribution in [0.1, 0.15) is 23.1 Å². The Labute approximate surface area is 163 Å². The molecule has 0 aliphatic heterocycles. The van der Waals surface area contributed by atoms with Gasteiger partial charge in [0, 0.05) is 29.5 Å². The highest BCUT2D eigenvalue weighted by Crippen LogP contribution is 2.30. The first-order chi connectivity index (χ1) is 12.4. The second kappa shape index (κ2) is 7.73. The summed E-state index contributed by atoms with van der Waals surface area (Å²) in [6.07, 6.45) is 1.70. The molecule has 1 N–H and O–H groups in total. The van der Waals surface area contributed by atoms with Crippen LogP contribution in [0.15, 0.2) is 28.0 Å². The van der Waals surface area contributed by atoms with Crippen LogP contribution in [0.5, 0.6) is 0 Å². The van der Waals surface area contributed by atoms with Gasteiger partial charge in [0.25, 0.3) is 5.56 Å². The van der Waals surface area contributed by atoms with E-state index < -0.39 is 0 Å². The van der Waals surface area contributed by atoms with E-state index in [0.29, 0.717) is 28.0 Å². The van der Waals surface area contributed by atoms with Gasteiger partial charge in [0.15, 0.2) is 10.3 Å². The minimum Gasteiger partial charge on any atom is -0.302 e. The summed E-state index contributed by atoms with van der Waals surface area (Å²) in [4.78, 5) is 35.0. The first-order valence-electron chi connectivity index (χ1n) is 7.87. The third-order valence-electron chi connectivity index (χ3n) is 3.75. The normalized spacial score (nSPS) is 11.0. The maximum Gasteiger partial charge on any atom is 0.263 e. The standard InChI is InChI=1S/C17H18N4O2S3/c1-5-6-21-15(23)13-9(2)10(3)26-14(13)20-17(21)25-8-12-7-24-16(19-12)18-11(4)22/h5,7H,1,6,8H2,2-4H3,(H,18,19,22). The lowest BCUT2D eigenvalue weighted by Crippen LogP contribution is -2.22. The van der Waals surface area contributed by atoms with E-state index in [0.717, 1.165) is 21.0 Å². The smallest absolute Gasteiger partial charge is 0.263 e. The molecule has 136 valence electrons. The lowest BCUT2D eigenvalue weighted by molar-refractivity contribution is -0.114. The molecule has 0 atom stereocenters. The fraction of sp³-hybridized carbons (Fsp3) is 0.294. The van der Waals surface area contributed by atoms with E-state index in [9.17, 15) is 9.59 Å². The molecule has 0 saturated carbocycles. The molecule has 3 rings (SSSR count). The number of thioether (sulfide) groups is 1. The number of fused-ring (bicyclic) bond motifs is 1. The fourth-order valence-electron chi connectivity index (χ4n) is 2.43. The number of allylic oxidation sites excluding steroid dienone is 1. The molecule has 0 aliphatic carbocycles. The molecule has 3 heterocycles. The van der Waals surface area contributed by atoms with Crippen molar-refractivity contribution in [3.63, 3.8) is 0 Å². The lowest BCUT2D eigenvalue weighted by Gasteiger charge is -2.09. The zero-order valence-electron chi connectivity index (χ0n) is 14.7. The Balaban J connectivity index is 1.92. The number of rotatable bonds is 6. The van der Waals surface area contributed by atoms with Gasteiger partial charge in [-0.2, -0.15) is 0 Å². The number of thiophene rings is 1. The molecule has 0 fully saturated rings. The quantitative estimate of drug-likeness (QED) is 0.381. The van der Waals surface area contributed by atoms with Gasteiger partial charge >= 0.3 is 0 Å². The van der Waals surface area contributed by atoms with Crippen molar-refractivity contribution in [3.8, 4) is 0 Å². The molecular formula is C17H18N4O2S3. The van der Waals surface area contributed by atoms with Crippen molar-refractivity contribution in [3.05, 3.63) is 44.5 Å². The van der Waals surface area contributed by atoms with Crippen molar-refractivity contribution < 1.29 is 4.79 Å². The van der Waals surface area contributed by atoms with Gasteiger partial charge in [0.05, 0.1) is 11.1 Å². The first kappa shape index (κ1) is 18.8. The van der Waals surface area contributed by atoms with Gasteiger partial charge < -0.3 is 5.32 Å². The molecule has 0 bridgehead atoms. The highest BCUT2D eigenvalue weighted by molar-refractivity contribution is 7.98. The maximum absolute atomic E-state index is 12.9. The Morgan fingerprint density at radius 2 is 2.19 bits per heavy atom. The Kier molecular flexibility index (Phi) is 5.59. The first-order valence-corrected chi connectivity index (χ1v) is 10.5. The number of amides is 1. The Hall–Kier alpha value is -1.97. The van der Waals surface area contributed by atoms with Gasteiger partial charge in [-0.3, -0.25) is 14.2 Å². The third kappa shape index (κ3) is 3.74. The van der Waals surface area contributed by atoms with Gasteiger partial charge in [-0.25, -0.2) is 9.97 Å². The van der Waals surface area contributed by atoms with E-state index in [-0.39, 0.29) is 11.5 Å². The molecule has 1 amide bonds. The molecule has 0 unspecified atom stereocenters. The summed E-state index contributed by atoms with van der Waals surface area (Å²) >= 11 is 4.38. The molecule has 26 heavy (non-hydrogen) atoms. The Morgan fingerprint density at radius 3 is 2.88 bits per heavy atom. The molecule has 0 saturated heterocycles. The zero-order valence-corrected chi connectivity index (χ0v) is 17.1. The molecule has 3 aromatic heterocycles. The Morgan fingerprint density at radius 1 is 1.42 bits per heavy atom. The summed E-state index contributed by atoms with van der Waals surface area (Å²) in [5.74, 6) is 0.419. The van der Waals surface area contributed by atoms with Crippen molar-refractivity contribution in [1.29, 1.82) is 0 Å². The number of thiazole rings is 1. The molecule has 0 spiro atoms. The molecule has 3 aromatic rings. The highest BCUT2D eigenvalue weighted by Gasteiger charge is 2.16. The summed E-state index contributed by atoms with van der Waals surface area (Å²) in [5, 5.41) is 6.49. The second-order valence-electron chi connectivity index (χ2n) is 5.68. The number of nitrogens with zero attached hydrogens (tertiary/aromatic N) is 3. The van der Waals surface area contributed by atoms with Gasteiger partial charge in [-0.05, 0) is 19.4 Å². The topological polar surface area (TPSA) is 76.9 Å². The molecule has 9 heteroatoms. The van der Waals surface area contributed by atoms with Gasteiger partial charge in [0.1, 0.15) is 4.83 Å². The Bertz CT molecular complexity index is 1050. The van der Waals surface area contributed by atoms with E-state index >= 15 is 0 Å². The monoisotopic (exact) mass is 406 g/mol. The average molecular weight is 407 g/mol. The predicted octanol–water partition coefficient (Wildman–Crippen LogP) is 3.97. The summed E-state index contributed by atoms with van der Waals surface area (Å²) < 4.78 is 1.65. The number of aromatic nitrogens is 3. The van der Waals surface area contributed by atoms with Crippen molar-refractivity contribution >= 4 is 55.7 Å². The van der Waals surface area contributed by atoms with Crippen molar-refractivity contribution in [2.45, 2.75) is 38.2 Å². The summed E-state index contributed by atoms with van der Waals surface area (Å²) in [7, 11) is 0. The largest absolute Gasteiger partial charge is 0.302 e. The SMILES string of the molecule is C=CCn1c(SCc2csc(NC(C)=O)n2)nc2sc(C)c(C)c2c1=O. The van der Waals surface area contributed by atoms with E-state index in [1.54, 1.807) is 22.0 Å². The minimum atomic E-state index is -0.145. The van der Waals surface area contributed by atoms with Crippen LogP contribution >= 0.6 is 34.4 Å².